The van der Waals surface area contributed by atoms with E-state index < -0.39 is 40.2 Å². The van der Waals surface area contributed by atoms with Gasteiger partial charge in [0.15, 0.2) is 0 Å². The molecule has 2 rings (SSSR count). The lowest BCUT2D eigenvalue weighted by Gasteiger charge is -2.32. The molecule has 180 valence electrons. The zero-order chi connectivity index (χ0) is 24.8. The van der Waals surface area contributed by atoms with Gasteiger partial charge in [-0.25, -0.2) is 12.8 Å². The number of carbonyl (C=O) groups excluding carboxylic acids is 2. The SMILES string of the molecule is COc1ccccc1N(CC(=O)N(Cc1ccccc1F)[C@@H](C)C(=O)NC(C)C)S(C)(=O)=O. The molecule has 1 N–H and O–H groups in total. The first-order chi connectivity index (χ1) is 15.5. The lowest BCUT2D eigenvalue weighted by atomic mass is 10.1. The molecule has 2 aromatic rings. The van der Waals surface area contributed by atoms with E-state index in [4.69, 9.17) is 4.74 Å². The first-order valence-electron chi connectivity index (χ1n) is 10.4. The van der Waals surface area contributed by atoms with Crippen molar-refractivity contribution in [2.24, 2.45) is 0 Å². The minimum absolute atomic E-state index is 0.175. The summed E-state index contributed by atoms with van der Waals surface area (Å²) in [5, 5.41) is 2.73. The fraction of sp³-hybridized carbons (Fsp3) is 0.391. The Balaban J connectivity index is 2.44. The highest BCUT2D eigenvalue weighted by Gasteiger charge is 2.31. The highest BCUT2D eigenvalue weighted by atomic mass is 32.2. The van der Waals surface area contributed by atoms with Crippen molar-refractivity contribution in [2.45, 2.75) is 39.4 Å². The van der Waals surface area contributed by atoms with Crippen molar-refractivity contribution in [1.29, 1.82) is 0 Å². The second-order valence-electron chi connectivity index (χ2n) is 7.89. The topological polar surface area (TPSA) is 96.0 Å². The van der Waals surface area contributed by atoms with E-state index in [1.165, 1.54) is 43.2 Å². The monoisotopic (exact) mass is 479 g/mol. The summed E-state index contributed by atoms with van der Waals surface area (Å²) in [4.78, 5) is 27.2. The zero-order valence-corrected chi connectivity index (χ0v) is 20.2. The summed E-state index contributed by atoms with van der Waals surface area (Å²) in [5.41, 5.74) is 0.388. The molecule has 0 saturated carbocycles. The molecule has 0 spiro atoms. The number of anilines is 1. The normalized spacial score (nSPS) is 12.2. The van der Waals surface area contributed by atoms with E-state index in [1.807, 2.05) is 0 Å². The number of amides is 2. The summed E-state index contributed by atoms with van der Waals surface area (Å²) in [7, 11) is -2.50. The van der Waals surface area contributed by atoms with Crippen molar-refractivity contribution in [3.05, 3.63) is 59.9 Å². The van der Waals surface area contributed by atoms with E-state index in [0.29, 0.717) is 0 Å². The fourth-order valence-electron chi connectivity index (χ4n) is 3.23. The van der Waals surface area contributed by atoms with Crippen molar-refractivity contribution in [3.8, 4) is 5.75 Å². The number of nitrogens with one attached hydrogen (secondary N) is 1. The number of benzene rings is 2. The van der Waals surface area contributed by atoms with Crippen molar-refractivity contribution in [2.75, 3.05) is 24.2 Å². The van der Waals surface area contributed by atoms with E-state index in [2.05, 4.69) is 5.32 Å². The van der Waals surface area contributed by atoms with E-state index in [-0.39, 0.29) is 29.6 Å². The van der Waals surface area contributed by atoms with Crippen LogP contribution in [0.2, 0.25) is 0 Å². The Kier molecular flexibility index (Phi) is 8.81. The molecule has 0 aromatic heterocycles. The quantitative estimate of drug-likeness (QED) is 0.565. The first kappa shape index (κ1) is 26.1. The van der Waals surface area contributed by atoms with Gasteiger partial charge in [-0.2, -0.15) is 0 Å². The largest absolute Gasteiger partial charge is 0.495 e. The molecule has 0 unspecified atom stereocenters. The van der Waals surface area contributed by atoms with Crippen LogP contribution < -0.4 is 14.4 Å². The minimum Gasteiger partial charge on any atom is -0.495 e. The first-order valence-corrected chi connectivity index (χ1v) is 12.2. The van der Waals surface area contributed by atoms with Gasteiger partial charge in [-0.1, -0.05) is 30.3 Å². The Morgan fingerprint density at radius 2 is 1.67 bits per heavy atom. The number of rotatable bonds is 10. The van der Waals surface area contributed by atoms with Crippen LogP contribution in [-0.4, -0.2) is 57.1 Å². The van der Waals surface area contributed by atoms with Gasteiger partial charge in [-0.3, -0.25) is 13.9 Å². The van der Waals surface area contributed by atoms with Gasteiger partial charge in [-0.05, 0) is 39.0 Å². The number of sulfonamides is 1. The van der Waals surface area contributed by atoms with Gasteiger partial charge in [-0.15, -0.1) is 0 Å². The third kappa shape index (κ3) is 6.92. The predicted octanol–water partition coefficient (Wildman–Crippen LogP) is 2.54. The highest BCUT2D eigenvalue weighted by molar-refractivity contribution is 7.92. The smallest absolute Gasteiger partial charge is 0.244 e. The summed E-state index contributed by atoms with van der Waals surface area (Å²) in [6, 6.07) is 11.2. The van der Waals surface area contributed by atoms with Crippen LogP contribution in [0.25, 0.3) is 0 Å². The molecule has 2 aromatic carbocycles. The van der Waals surface area contributed by atoms with Gasteiger partial charge in [0.2, 0.25) is 21.8 Å². The Morgan fingerprint density at radius 3 is 2.24 bits per heavy atom. The van der Waals surface area contributed by atoms with Gasteiger partial charge >= 0.3 is 0 Å². The number of carbonyl (C=O) groups is 2. The minimum atomic E-state index is -3.89. The van der Waals surface area contributed by atoms with E-state index in [9.17, 15) is 22.4 Å². The second kappa shape index (κ2) is 11.1. The number of hydrogen-bond donors (Lipinski definition) is 1. The number of ether oxygens (including phenoxy) is 1. The average molecular weight is 480 g/mol. The summed E-state index contributed by atoms with van der Waals surface area (Å²) in [5.74, 6) is -1.36. The molecule has 0 radical (unpaired) electrons. The van der Waals surface area contributed by atoms with Gasteiger partial charge in [0.05, 0.1) is 19.1 Å². The number of halogens is 1. The third-order valence-electron chi connectivity index (χ3n) is 4.93. The molecule has 0 aliphatic carbocycles. The number of para-hydroxylation sites is 2. The molecule has 0 aliphatic rings. The molecule has 2 amide bonds. The van der Waals surface area contributed by atoms with E-state index >= 15 is 0 Å². The van der Waals surface area contributed by atoms with Crippen LogP contribution >= 0.6 is 0 Å². The standard InChI is InChI=1S/C23H30FN3O5S/c1-16(2)25-23(29)17(3)26(14-18-10-6-7-11-19(18)24)22(28)15-27(33(5,30)31)20-12-8-9-13-21(20)32-4/h6-13,16-17H,14-15H2,1-5H3,(H,25,29)/t17-/m0/s1. The van der Waals surface area contributed by atoms with Crippen LogP contribution in [0.15, 0.2) is 48.5 Å². The molecule has 10 heteroatoms. The number of methoxy groups -OCH3 is 1. The average Bonchev–Trinajstić information content (AvgIpc) is 2.75. The Labute approximate surface area is 194 Å². The summed E-state index contributed by atoms with van der Waals surface area (Å²) < 4.78 is 45.7. The highest BCUT2D eigenvalue weighted by Crippen LogP contribution is 2.29. The molecule has 33 heavy (non-hydrogen) atoms. The van der Waals surface area contributed by atoms with Crippen LogP contribution in [-0.2, 0) is 26.2 Å². The van der Waals surface area contributed by atoms with Gasteiger partial charge in [0.25, 0.3) is 0 Å². The van der Waals surface area contributed by atoms with Crippen LogP contribution in [0.3, 0.4) is 0 Å². The van der Waals surface area contributed by atoms with Crippen LogP contribution in [0, 0.1) is 5.82 Å². The molecular weight excluding hydrogens is 449 g/mol. The molecular formula is C23H30FN3O5S. The lowest BCUT2D eigenvalue weighted by molar-refractivity contribution is -0.139. The zero-order valence-electron chi connectivity index (χ0n) is 19.4. The summed E-state index contributed by atoms with van der Waals surface area (Å²) in [6.45, 7) is 4.28. The van der Waals surface area contributed by atoms with Crippen molar-refractivity contribution >= 4 is 27.5 Å². The Bertz CT molecular complexity index is 1090. The third-order valence-corrected chi connectivity index (χ3v) is 6.06. The molecule has 0 fully saturated rings. The Morgan fingerprint density at radius 1 is 1.06 bits per heavy atom. The Hall–Kier alpha value is -3.14. The maximum absolute atomic E-state index is 14.3. The lowest BCUT2D eigenvalue weighted by Crippen LogP contribution is -2.52. The van der Waals surface area contributed by atoms with Crippen molar-refractivity contribution < 1.29 is 27.1 Å². The summed E-state index contributed by atoms with van der Waals surface area (Å²) >= 11 is 0. The molecule has 1 atom stereocenters. The molecule has 0 saturated heterocycles. The maximum Gasteiger partial charge on any atom is 0.244 e. The van der Waals surface area contributed by atoms with E-state index in [1.54, 1.807) is 38.1 Å². The fourth-order valence-corrected chi connectivity index (χ4v) is 4.08. The molecule has 0 bridgehead atoms. The van der Waals surface area contributed by atoms with Crippen molar-refractivity contribution in [3.63, 3.8) is 0 Å². The molecule has 8 nitrogen and oxygen atoms in total. The van der Waals surface area contributed by atoms with Gasteiger partial charge in [0, 0.05) is 18.2 Å². The van der Waals surface area contributed by atoms with Crippen molar-refractivity contribution in [1.82, 2.24) is 10.2 Å². The van der Waals surface area contributed by atoms with Gasteiger partial charge in [0.1, 0.15) is 24.2 Å². The predicted molar refractivity (Wildman–Crippen MR) is 125 cm³/mol. The van der Waals surface area contributed by atoms with Crippen LogP contribution in [0.5, 0.6) is 5.75 Å². The van der Waals surface area contributed by atoms with Crippen LogP contribution in [0.1, 0.15) is 26.3 Å². The molecule has 0 heterocycles. The summed E-state index contributed by atoms with van der Waals surface area (Å²) in [6.07, 6.45) is 0.975. The van der Waals surface area contributed by atoms with Crippen LogP contribution in [0.4, 0.5) is 10.1 Å². The number of nitrogens with zero attached hydrogens (tertiary/aromatic N) is 2. The molecule has 0 aliphatic heterocycles. The van der Waals surface area contributed by atoms with Gasteiger partial charge < -0.3 is 15.0 Å². The number of hydrogen-bond acceptors (Lipinski definition) is 5. The maximum atomic E-state index is 14.3. The second-order valence-corrected chi connectivity index (χ2v) is 9.80. The van der Waals surface area contributed by atoms with E-state index in [0.717, 1.165) is 10.6 Å².